The van der Waals surface area contributed by atoms with E-state index in [1.54, 1.807) is 12.1 Å². The van der Waals surface area contributed by atoms with Crippen LogP contribution in [0, 0.1) is 11.6 Å². The fourth-order valence-corrected chi connectivity index (χ4v) is 2.56. The molecule has 1 aliphatic rings. The van der Waals surface area contributed by atoms with Gasteiger partial charge in [0.15, 0.2) is 11.6 Å². The van der Waals surface area contributed by atoms with Gasteiger partial charge in [0.25, 0.3) is 0 Å². The van der Waals surface area contributed by atoms with Crippen molar-refractivity contribution in [2.24, 2.45) is 0 Å². The first-order valence-electron chi connectivity index (χ1n) is 6.77. The van der Waals surface area contributed by atoms with E-state index in [2.05, 4.69) is 4.72 Å². The molecular formula is C15H12F2NO4S-. The quantitative estimate of drug-likeness (QED) is 0.850. The molecular weight excluding hydrogens is 328 g/mol. The van der Waals surface area contributed by atoms with E-state index >= 15 is 0 Å². The van der Waals surface area contributed by atoms with E-state index in [0.717, 1.165) is 17.7 Å². The van der Waals surface area contributed by atoms with Crippen LogP contribution >= 0.6 is 0 Å². The van der Waals surface area contributed by atoms with Crippen LogP contribution in [0.2, 0.25) is 0 Å². The molecule has 0 bridgehead atoms. The highest BCUT2D eigenvalue weighted by molar-refractivity contribution is 7.77. The third-order valence-corrected chi connectivity index (χ3v) is 3.75. The van der Waals surface area contributed by atoms with Crippen molar-refractivity contribution in [3.05, 3.63) is 53.1 Å². The molecule has 0 fully saturated rings. The zero-order valence-electron chi connectivity index (χ0n) is 11.8. The molecule has 1 atom stereocenters. The molecule has 1 aliphatic heterocycles. The summed E-state index contributed by atoms with van der Waals surface area (Å²) in [5, 5.41) is 0. The molecule has 2 aromatic rings. The first-order chi connectivity index (χ1) is 11.0. The monoisotopic (exact) mass is 340 g/mol. The second kappa shape index (κ2) is 6.61. The van der Waals surface area contributed by atoms with Crippen molar-refractivity contribution < 1.29 is 27.0 Å². The molecule has 0 aromatic heterocycles. The van der Waals surface area contributed by atoms with Gasteiger partial charge in [-0.2, -0.15) is 0 Å². The Morgan fingerprint density at radius 2 is 2.09 bits per heavy atom. The van der Waals surface area contributed by atoms with Gasteiger partial charge in [0.05, 0.1) is 6.61 Å². The summed E-state index contributed by atoms with van der Waals surface area (Å²) in [6.07, 6.45) is 0.679. The summed E-state index contributed by atoms with van der Waals surface area (Å²) >= 11 is -2.45. The van der Waals surface area contributed by atoms with Crippen molar-refractivity contribution in [2.45, 2.75) is 13.0 Å². The van der Waals surface area contributed by atoms with Crippen LogP contribution in [0.4, 0.5) is 8.78 Å². The summed E-state index contributed by atoms with van der Waals surface area (Å²) in [6, 6.07) is 6.31. The van der Waals surface area contributed by atoms with E-state index < -0.39 is 22.9 Å². The van der Waals surface area contributed by atoms with Crippen LogP contribution in [0.3, 0.4) is 0 Å². The molecule has 0 radical (unpaired) electrons. The average molecular weight is 340 g/mol. The second-order valence-corrected chi connectivity index (χ2v) is 5.66. The Hall–Kier alpha value is -2.03. The predicted molar refractivity (Wildman–Crippen MR) is 77.8 cm³/mol. The number of rotatable bonds is 5. The van der Waals surface area contributed by atoms with Crippen LogP contribution in [-0.2, 0) is 24.2 Å². The summed E-state index contributed by atoms with van der Waals surface area (Å²) in [4.78, 5) is 0. The Morgan fingerprint density at radius 1 is 1.26 bits per heavy atom. The summed E-state index contributed by atoms with van der Waals surface area (Å²) < 4.78 is 61.3. The zero-order chi connectivity index (χ0) is 16.4. The molecule has 0 aliphatic carbocycles. The van der Waals surface area contributed by atoms with Crippen LogP contribution in [0.15, 0.2) is 30.3 Å². The SMILES string of the molecule is O=S([O-])NCc1cc2c(cc1Oc1ccc(F)cc1F)CCO2. The van der Waals surface area contributed by atoms with Gasteiger partial charge in [-0.1, -0.05) is 0 Å². The minimum Gasteiger partial charge on any atom is -0.760 e. The molecule has 0 saturated carbocycles. The number of fused-ring (bicyclic) bond motifs is 1. The maximum absolute atomic E-state index is 13.8. The standard InChI is InChI=1S/C15H13F2NO4S/c16-11-1-2-13(12(17)7-11)22-15-5-9-3-4-21-14(9)6-10(15)8-18-23(19)20/h1-2,5-7,18H,3-4,8H2,(H,19,20)/p-1. The first-order valence-corrected chi connectivity index (χ1v) is 7.84. The highest BCUT2D eigenvalue weighted by atomic mass is 32.2. The summed E-state index contributed by atoms with van der Waals surface area (Å²) in [5.74, 6) is -0.758. The molecule has 3 rings (SSSR count). The Kier molecular flexibility index (Phi) is 4.56. The van der Waals surface area contributed by atoms with Crippen molar-refractivity contribution in [3.8, 4) is 17.2 Å². The predicted octanol–water partition coefficient (Wildman–Crippen LogP) is 2.58. The molecule has 122 valence electrons. The van der Waals surface area contributed by atoms with Crippen molar-refractivity contribution >= 4 is 11.3 Å². The molecule has 0 amide bonds. The molecule has 23 heavy (non-hydrogen) atoms. The summed E-state index contributed by atoms with van der Waals surface area (Å²) in [7, 11) is 0. The summed E-state index contributed by atoms with van der Waals surface area (Å²) in [5.41, 5.74) is 1.37. The largest absolute Gasteiger partial charge is 0.760 e. The maximum Gasteiger partial charge on any atom is 0.168 e. The van der Waals surface area contributed by atoms with Gasteiger partial charge in [-0.05, 0) is 24.3 Å². The topological polar surface area (TPSA) is 70.6 Å². The Labute approximate surface area is 133 Å². The number of ether oxygens (including phenoxy) is 2. The van der Waals surface area contributed by atoms with E-state index in [-0.39, 0.29) is 18.0 Å². The molecule has 0 spiro atoms. The van der Waals surface area contributed by atoms with E-state index in [4.69, 9.17) is 9.47 Å². The average Bonchev–Trinajstić information content (AvgIpc) is 2.94. The minimum absolute atomic E-state index is 0.0368. The third kappa shape index (κ3) is 3.66. The van der Waals surface area contributed by atoms with Crippen molar-refractivity contribution in [3.63, 3.8) is 0 Å². The van der Waals surface area contributed by atoms with Gasteiger partial charge >= 0.3 is 0 Å². The maximum atomic E-state index is 13.8. The van der Waals surface area contributed by atoms with Gasteiger partial charge in [-0.25, -0.2) is 13.5 Å². The molecule has 1 N–H and O–H groups in total. The summed E-state index contributed by atoms with van der Waals surface area (Å²) in [6.45, 7) is 0.481. The number of benzene rings is 2. The van der Waals surface area contributed by atoms with Crippen molar-refractivity contribution in [1.82, 2.24) is 4.72 Å². The van der Waals surface area contributed by atoms with E-state index in [9.17, 15) is 17.5 Å². The van der Waals surface area contributed by atoms with Gasteiger partial charge in [-0.15, -0.1) is 0 Å². The van der Waals surface area contributed by atoms with E-state index in [1.807, 2.05) is 0 Å². The minimum atomic E-state index is -2.45. The third-order valence-electron chi connectivity index (χ3n) is 3.37. The van der Waals surface area contributed by atoms with Crippen LogP contribution in [0.5, 0.6) is 17.2 Å². The lowest BCUT2D eigenvalue weighted by Crippen LogP contribution is -2.16. The van der Waals surface area contributed by atoms with E-state index in [0.29, 0.717) is 24.3 Å². The van der Waals surface area contributed by atoms with Crippen LogP contribution < -0.4 is 14.2 Å². The zero-order valence-corrected chi connectivity index (χ0v) is 12.6. The van der Waals surface area contributed by atoms with Crippen molar-refractivity contribution in [2.75, 3.05) is 6.61 Å². The molecule has 2 aromatic carbocycles. The number of nitrogens with one attached hydrogen (secondary N) is 1. The second-order valence-electron chi connectivity index (χ2n) is 4.90. The van der Waals surface area contributed by atoms with Gasteiger partial charge in [0.2, 0.25) is 0 Å². The smallest absolute Gasteiger partial charge is 0.168 e. The van der Waals surface area contributed by atoms with Gasteiger partial charge in [0, 0.05) is 41.4 Å². The number of hydrogen-bond donors (Lipinski definition) is 1. The van der Waals surface area contributed by atoms with E-state index in [1.165, 1.54) is 6.07 Å². The van der Waals surface area contributed by atoms with Gasteiger partial charge in [-0.3, -0.25) is 4.21 Å². The molecule has 0 saturated heterocycles. The van der Waals surface area contributed by atoms with Crippen molar-refractivity contribution in [1.29, 1.82) is 0 Å². The Balaban J connectivity index is 1.94. The Morgan fingerprint density at radius 3 is 2.83 bits per heavy atom. The number of hydrogen-bond acceptors (Lipinski definition) is 4. The normalized spacial score (nSPS) is 14.2. The first kappa shape index (κ1) is 15.9. The van der Waals surface area contributed by atoms with Gasteiger partial charge in [0.1, 0.15) is 17.3 Å². The fraction of sp³-hybridized carbons (Fsp3) is 0.200. The highest BCUT2D eigenvalue weighted by Crippen LogP contribution is 2.35. The molecule has 5 nitrogen and oxygen atoms in total. The van der Waals surface area contributed by atoms with Crippen LogP contribution in [0.1, 0.15) is 11.1 Å². The number of halogens is 2. The van der Waals surface area contributed by atoms with Crippen LogP contribution in [-0.4, -0.2) is 15.4 Å². The lowest BCUT2D eigenvalue weighted by Gasteiger charge is -2.15. The van der Waals surface area contributed by atoms with Gasteiger partial charge < -0.3 is 14.0 Å². The highest BCUT2D eigenvalue weighted by Gasteiger charge is 2.18. The Bertz CT molecular complexity index is 769. The van der Waals surface area contributed by atoms with Crippen LogP contribution in [0.25, 0.3) is 0 Å². The molecule has 1 heterocycles. The molecule has 8 heteroatoms. The molecule has 1 unspecified atom stereocenters. The lowest BCUT2D eigenvalue weighted by molar-refractivity contribution is 0.356. The fourth-order valence-electron chi connectivity index (χ4n) is 2.29. The lowest BCUT2D eigenvalue weighted by atomic mass is 10.1.